The Kier molecular flexibility index (Phi) is 4.18. The molecule has 92 valence electrons. The Morgan fingerprint density at radius 3 is 2.88 bits per heavy atom. The summed E-state index contributed by atoms with van der Waals surface area (Å²) in [4.78, 5) is 11.0. The number of rotatable bonds is 5. The van der Waals surface area contributed by atoms with Gasteiger partial charge < -0.3 is 4.90 Å². The van der Waals surface area contributed by atoms with Gasteiger partial charge in [-0.1, -0.05) is 6.92 Å². The summed E-state index contributed by atoms with van der Waals surface area (Å²) in [5, 5.41) is 2.13. The third kappa shape index (κ3) is 2.53. The minimum Gasteiger partial charge on any atom is -0.354 e. The van der Waals surface area contributed by atoms with Gasteiger partial charge in [0.25, 0.3) is 0 Å². The van der Waals surface area contributed by atoms with E-state index >= 15 is 0 Å². The molecule has 2 heterocycles. The Morgan fingerprint density at radius 2 is 2.18 bits per heavy atom. The number of aryl methyl sites for hydroxylation is 1. The van der Waals surface area contributed by atoms with Crippen molar-refractivity contribution in [2.24, 2.45) is 0 Å². The van der Waals surface area contributed by atoms with Crippen molar-refractivity contribution in [3.05, 3.63) is 17.3 Å². The standard InChI is InChI=1S/C12H16ClN3S/c1-3-5-16(6-4-13)12-11-10(14-8-15-12)9(2)7-17-11/h7-8H,3-6H2,1-2H3. The first-order chi connectivity index (χ1) is 8.27. The first-order valence-electron chi connectivity index (χ1n) is 5.77. The topological polar surface area (TPSA) is 29.0 Å². The smallest absolute Gasteiger partial charge is 0.150 e. The molecule has 0 unspecified atom stereocenters. The fourth-order valence-corrected chi connectivity index (χ4v) is 3.10. The minimum atomic E-state index is 0.621. The molecule has 0 aliphatic carbocycles. The van der Waals surface area contributed by atoms with Gasteiger partial charge in [0.05, 0.1) is 10.2 Å². The van der Waals surface area contributed by atoms with Gasteiger partial charge in [-0.3, -0.25) is 0 Å². The molecule has 2 aromatic heterocycles. The normalized spacial score (nSPS) is 11.0. The lowest BCUT2D eigenvalue weighted by Gasteiger charge is -2.22. The number of hydrogen-bond acceptors (Lipinski definition) is 4. The number of halogens is 1. The molecule has 0 aliphatic heterocycles. The van der Waals surface area contributed by atoms with Crippen molar-refractivity contribution in [2.45, 2.75) is 20.3 Å². The number of thiophene rings is 1. The van der Waals surface area contributed by atoms with E-state index in [1.165, 1.54) is 10.3 Å². The summed E-state index contributed by atoms with van der Waals surface area (Å²) >= 11 is 7.57. The third-order valence-corrected chi connectivity index (χ3v) is 3.91. The Balaban J connectivity index is 2.44. The Labute approximate surface area is 110 Å². The Bertz CT molecular complexity index is 491. The van der Waals surface area contributed by atoms with E-state index in [-0.39, 0.29) is 0 Å². The monoisotopic (exact) mass is 269 g/mol. The van der Waals surface area contributed by atoms with E-state index in [4.69, 9.17) is 11.6 Å². The van der Waals surface area contributed by atoms with Gasteiger partial charge in [0, 0.05) is 19.0 Å². The minimum absolute atomic E-state index is 0.621. The molecule has 0 amide bonds. The number of aromatic nitrogens is 2. The number of alkyl halides is 1. The molecule has 0 aromatic carbocycles. The number of hydrogen-bond donors (Lipinski definition) is 0. The fraction of sp³-hybridized carbons (Fsp3) is 0.500. The van der Waals surface area contributed by atoms with E-state index < -0.39 is 0 Å². The molecule has 5 heteroatoms. The zero-order valence-corrected chi connectivity index (χ0v) is 11.7. The van der Waals surface area contributed by atoms with E-state index in [0.29, 0.717) is 5.88 Å². The molecule has 3 nitrogen and oxygen atoms in total. The van der Waals surface area contributed by atoms with E-state index in [1.807, 2.05) is 0 Å². The highest BCUT2D eigenvalue weighted by Gasteiger charge is 2.13. The largest absolute Gasteiger partial charge is 0.354 e. The first-order valence-corrected chi connectivity index (χ1v) is 7.19. The summed E-state index contributed by atoms with van der Waals surface area (Å²) in [5.74, 6) is 1.64. The number of fused-ring (bicyclic) bond motifs is 1. The van der Waals surface area contributed by atoms with Gasteiger partial charge in [0.1, 0.15) is 12.1 Å². The maximum atomic E-state index is 5.86. The van der Waals surface area contributed by atoms with Crippen LogP contribution < -0.4 is 4.90 Å². The number of nitrogens with zero attached hydrogens (tertiary/aromatic N) is 3. The van der Waals surface area contributed by atoms with Gasteiger partial charge in [0.15, 0.2) is 0 Å². The van der Waals surface area contributed by atoms with Crippen LogP contribution in [0.15, 0.2) is 11.7 Å². The van der Waals surface area contributed by atoms with Gasteiger partial charge >= 0.3 is 0 Å². The van der Waals surface area contributed by atoms with Crippen LogP contribution in [0.2, 0.25) is 0 Å². The summed E-state index contributed by atoms with van der Waals surface area (Å²) in [5.41, 5.74) is 2.28. The molecule has 0 radical (unpaired) electrons. The summed E-state index contributed by atoms with van der Waals surface area (Å²) in [7, 11) is 0. The average Bonchev–Trinajstić information content (AvgIpc) is 2.71. The predicted molar refractivity (Wildman–Crippen MR) is 75.4 cm³/mol. The third-order valence-electron chi connectivity index (χ3n) is 2.66. The maximum Gasteiger partial charge on any atom is 0.150 e. The van der Waals surface area contributed by atoms with Crippen LogP contribution in [0.25, 0.3) is 10.2 Å². The van der Waals surface area contributed by atoms with Crippen LogP contribution in [0.3, 0.4) is 0 Å². The van der Waals surface area contributed by atoms with E-state index in [1.54, 1.807) is 17.7 Å². The van der Waals surface area contributed by atoms with Crippen molar-refractivity contribution in [3.8, 4) is 0 Å². The van der Waals surface area contributed by atoms with Gasteiger partial charge in [-0.05, 0) is 24.3 Å². The second-order valence-corrected chi connectivity index (χ2v) is 5.23. The molecular formula is C12H16ClN3S. The van der Waals surface area contributed by atoms with Crippen molar-refractivity contribution in [1.82, 2.24) is 9.97 Å². The van der Waals surface area contributed by atoms with Crippen LogP contribution in [0.5, 0.6) is 0 Å². The van der Waals surface area contributed by atoms with Crippen molar-refractivity contribution in [1.29, 1.82) is 0 Å². The van der Waals surface area contributed by atoms with Crippen molar-refractivity contribution in [2.75, 3.05) is 23.9 Å². The van der Waals surface area contributed by atoms with Crippen molar-refractivity contribution in [3.63, 3.8) is 0 Å². The molecule has 2 rings (SSSR count). The summed E-state index contributed by atoms with van der Waals surface area (Å²) in [6.45, 7) is 6.06. The highest BCUT2D eigenvalue weighted by molar-refractivity contribution is 7.18. The molecule has 0 saturated carbocycles. The number of anilines is 1. The van der Waals surface area contributed by atoms with Crippen molar-refractivity contribution >= 4 is 39.0 Å². The van der Waals surface area contributed by atoms with E-state index in [9.17, 15) is 0 Å². The molecular weight excluding hydrogens is 254 g/mol. The van der Waals surface area contributed by atoms with Crippen LogP contribution in [0.4, 0.5) is 5.82 Å². The first kappa shape index (κ1) is 12.6. The highest BCUT2D eigenvalue weighted by Crippen LogP contribution is 2.30. The average molecular weight is 270 g/mol. The summed E-state index contributed by atoms with van der Waals surface area (Å²) < 4.78 is 1.17. The van der Waals surface area contributed by atoms with Crippen LogP contribution >= 0.6 is 22.9 Å². The lowest BCUT2D eigenvalue weighted by atomic mass is 10.3. The van der Waals surface area contributed by atoms with Crippen LogP contribution in [-0.4, -0.2) is 28.9 Å². The second-order valence-electron chi connectivity index (χ2n) is 3.97. The van der Waals surface area contributed by atoms with Gasteiger partial charge in [0.2, 0.25) is 0 Å². The van der Waals surface area contributed by atoms with Gasteiger partial charge in [-0.15, -0.1) is 22.9 Å². The van der Waals surface area contributed by atoms with Crippen LogP contribution in [-0.2, 0) is 0 Å². The quantitative estimate of drug-likeness (QED) is 0.779. The van der Waals surface area contributed by atoms with Crippen molar-refractivity contribution < 1.29 is 0 Å². The molecule has 0 fully saturated rings. The van der Waals surface area contributed by atoms with Gasteiger partial charge in [-0.2, -0.15) is 0 Å². The molecule has 17 heavy (non-hydrogen) atoms. The fourth-order valence-electron chi connectivity index (χ4n) is 1.88. The molecule has 0 bridgehead atoms. The molecule has 2 aromatic rings. The zero-order valence-electron chi connectivity index (χ0n) is 10.1. The second kappa shape index (κ2) is 5.65. The van der Waals surface area contributed by atoms with E-state index in [2.05, 4.69) is 34.1 Å². The summed E-state index contributed by atoms with van der Waals surface area (Å²) in [6.07, 6.45) is 2.74. The Morgan fingerprint density at radius 1 is 1.35 bits per heavy atom. The van der Waals surface area contributed by atoms with Gasteiger partial charge in [-0.25, -0.2) is 9.97 Å². The lowest BCUT2D eigenvalue weighted by Crippen LogP contribution is -2.27. The highest BCUT2D eigenvalue weighted by atomic mass is 35.5. The molecule has 0 saturated heterocycles. The zero-order chi connectivity index (χ0) is 12.3. The Hall–Kier alpha value is -0.870. The molecule has 0 spiro atoms. The van der Waals surface area contributed by atoms with Crippen LogP contribution in [0, 0.1) is 6.92 Å². The SMILES string of the molecule is CCCN(CCCl)c1ncnc2c(C)csc12. The molecule has 0 aliphatic rings. The lowest BCUT2D eigenvalue weighted by molar-refractivity contribution is 0.784. The predicted octanol–water partition coefficient (Wildman–Crippen LogP) is 3.45. The molecule has 0 atom stereocenters. The van der Waals surface area contributed by atoms with Crippen LogP contribution in [0.1, 0.15) is 18.9 Å². The maximum absolute atomic E-state index is 5.86. The van der Waals surface area contributed by atoms with E-state index in [0.717, 1.165) is 30.8 Å². The molecule has 0 N–H and O–H groups in total. The summed E-state index contributed by atoms with van der Waals surface area (Å²) in [6, 6.07) is 0.